The van der Waals surface area contributed by atoms with E-state index in [2.05, 4.69) is 11.0 Å². The van der Waals surface area contributed by atoms with Crippen molar-refractivity contribution in [3.05, 3.63) is 23.8 Å². The Morgan fingerprint density at radius 2 is 1.76 bits per heavy atom. The van der Waals surface area contributed by atoms with Gasteiger partial charge >= 0.3 is 18.1 Å². The van der Waals surface area contributed by atoms with Crippen molar-refractivity contribution in [2.45, 2.75) is 57.0 Å². The number of carboxylic acids is 2. The monoisotopic (exact) mass is 489 g/mol. The molecule has 0 saturated carbocycles. The number of carbonyl (C=O) groups excluding carboxylic acids is 1. The number of aliphatic carboxylic acids is 2. The highest BCUT2D eigenvalue weighted by Gasteiger charge is 2.43. The maximum atomic E-state index is 11.0. The zero-order valence-corrected chi connectivity index (χ0v) is 19.0. The van der Waals surface area contributed by atoms with Crippen LogP contribution in [0.25, 0.3) is 0 Å². The van der Waals surface area contributed by atoms with Crippen molar-refractivity contribution >= 4 is 17.7 Å². The summed E-state index contributed by atoms with van der Waals surface area (Å²) in [4.78, 5) is 32.8. The summed E-state index contributed by atoms with van der Waals surface area (Å²) < 4.78 is 43.5. The molecule has 2 N–H and O–H groups in total. The fourth-order valence-electron chi connectivity index (χ4n) is 3.98. The van der Waals surface area contributed by atoms with E-state index in [9.17, 15) is 22.8 Å². The molecule has 0 aromatic heterocycles. The van der Waals surface area contributed by atoms with Crippen molar-refractivity contribution in [1.82, 2.24) is 4.90 Å². The van der Waals surface area contributed by atoms with E-state index in [1.807, 2.05) is 12.1 Å². The third-order valence-corrected chi connectivity index (χ3v) is 5.92. The number of fused-ring (bicyclic) bond motifs is 2. The van der Waals surface area contributed by atoms with Crippen molar-refractivity contribution in [2.24, 2.45) is 0 Å². The van der Waals surface area contributed by atoms with Crippen molar-refractivity contribution < 1.29 is 47.2 Å². The van der Waals surface area contributed by atoms with Gasteiger partial charge < -0.3 is 29.4 Å². The first-order valence-electron chi connectivity index (χ1n) is 11.1. The van der Waals surface area contributed by atoms with Crippen LogP contribution in [0, 0.1) is 0 Å². The summed E-state index contributed by atoms with van der Waals surface area (Å²) >= 11 is 0. The van der Waals surface area contributed by atoms with E-state index < -0.39 is 18.1 Å². The number of hydrogen-bond acceptors (Lipinski definition) is 6. The van der Waals surface area contributed by atoms with E-state index in [1.165, 1.54) is 5.56 Å². The Bertz CT molecular complexity index is 865. The molecule has 0 amide bonds. The van der Waals surface area contributed by atoms with Gasteiger partial charge in [-0.2, -0.15) is 13.2 Å². The van der Waals surface area contributed by atoms with Crippen LogP contribution < -0.4 is 9.47 Å². The first kappa shape index (κ1) is 27.4. The Morgan fingerprint density at radius 3 is 2.32 bits per heavy atom. The van der Waals surface area contributed by atoms with Crippen molar-refractivity contribution in [2.75, 3.05) is 32.8 Å². The van der Waals surface area contributed by atoms with Crippen LogP contribution in [0.4, 0.5) is 13.2 Å². The molecule has 8 nitrogen and oxygen atoms in total. The lowest BCUT2D eigenvalue weighted by atomic mass is 9.74. The predicted octanol–water partition coefficient (Wildman–Crippen LogP) is 3.66. The fourth-order valence-corrected chi connectivity index (χ4v) is 3.98. The number of nitrogens with zero attached hydrogens (tertiary/aromatic N) is 1. The number of unbranched alkanes of at least 4 members (excludes halogenated alkanes) is 1. The highest BCUT2D eigenvalue weighted by atomic mass is 19.4. The molecule has 1 spiro atoms. The van der Waals surface area contributed by atoms with Crippen LogP contribution in [0.2, 0.25) is 0 Å². The molecule has 1 aromatic rings. The number of Topliss-reactive ketones (excluding diaryl/α,β-unsaturated/α-hetero) is 1. The maximum Gasteiger partial charge on any atom is 0.490 e. The number of rotatable bonds is 9. The van der Waals surface area contributed by atoms with Gasteiger partial charge in [0, 0.05) is 30.0 Å². The Balaban J connectivity index is 0.000000509. The molecule has 11 heteroatoms. The van der Waals surface area contributed by atoms with E-state index >= 15 is 0 Å². The topological polar surface area (TPSA) is 113 Å². The number of carbonyl (C=O) groups is 3. The molecule has 1 aromatic carbocycles. The summed E-state index contributed by atoms with van der Waals surface area (Å²) in [5.74, 6) is -1.55. The summed E-state index contributed by atoms with van der Waals surface area (Å²) in [6.07, 6.45) is -0.558. The van der Waals surface area contributed by atoms with Crippen molar-refractivity contribution in [3.8, 4) is 11.5 Å². The SMILES string of the molecule is CC(=O)CCCCOc1ccc2c(c1)OCC21CCN(CCC(=O)O)CC1.O=C(O)C(F)(F)F. The Labute approximate surface area is 195 Å². The van der Waals surface area contributed by atoms with Gasteiger partial charge in [0.05, 0.1) is 19.6 Å². The third-order valence-electron chi connectivity index (χ3n) is 5.92. The molecule has 3 rings (SSSR count). The first-order valence-corrected chi connectivity index (χ1v) is 11.1. The van der Waals surface area contributed by atoms with Crippen LogP contribution in [0.5, 0.6) is 11.5 Å². The number of ketones is 1. The minimum Gasteiger partial charge on any atom is -0.493 e. The largest absolute Gasteiger partial charge is 0.493 e. The van der Waals surface area contributed by atoms with Crippen LogP contribution >= 0.6 is 0 Å². The number of hydrogen-bond donors (Lipinski definition) is 2. The molecule has 0 radical (unpaired) electrons. The van der Waals surface area contributed by atoms with Gasteiger partial charge in [-0.25, -0.2) is 4.79 Å². The average Bonchev–Trinajstić information content (AvgIpc) is 3.10. The van der Waals surface area contributed by atoms with E-state index in [4.69, 9.17) is 24.5 Å². The Morgan fingerprint density at radius 1 is 1.12 bits per heavy atom. The highest BCUT2D eigenvalue weighted by molar-refractivity contribution is 5.75. The fraction of sp³-hybridized carbons (Fsp3) is 0.609. The second kappa shape index (κ2) is 12.0. The lowest BCUT2D eigenvalue weighted by Gasteiger charge is -2.38. The lowest BCUT2D eigenvalue weighted by Crippen LogP contribution is -2.44. The van der Waals surface area contributed by atoms with Crippen LogP contribution in [0.3, 0.4) is 0 Å². The molecule has 0 bridgehead atoms. The van der Waals surface area contributed by atoms with Gasteiger partial charge in [0.25, 0.3) is 0 Å². The molecule has 1 fully saturated rings. The lowest BCUT2D eigenvalue weighted by molar-refractivity contribution is -0.192. The second-order valence-corrected chi connectivity index (χ2v) is 8.52. The molecule has 2 aliphatic heterocycles. The minimum absolute atomic E-state index is 0.0507. The van der Waals surface area contributed by atoms with Crippen LogP contribution in [-0.4, -0.2) is 71.9 Å². The third kappa shape index (κ3) is 8.19. The van der Waals surface area contributed by atoms with Gasteiger partial charge in [-0.1, -0.05) is 6.07 Å². The average molecular weight is 489 g/mol. The Kier molecular flexibility index (Phi) is 9.72. The predicted molar refractivity (Wildman–Crippen MR) is 115 cm³/mol. The second-order valence-electron chi connectivity index (χ2n) is 8.52. The van der Waals surface area contributed by atoms with Gasteiger partial charge in [-0.15, -0.1) is 0 Å². The normalized spacial score (nSPS) is 16.7. The van der Waals surface area contributed by atoms with E-state index in [-0.39, 0.29) is 17.6 Å². The minimum atomic E-state index is -5.08. The van der Waals surface area contributed by atoms with Gasteiger partial charge in [0.15, 0.2) is 0 Å². The van der Waals surface area contributed by atoms with Gasteiger partial charge in [0.1, 0.15) is 17.3 Å². The number of likely N-dealkylation sites (tertiary alicyclic amines) is 1. The summed E-state index contributed by atoms with van der Waals surface area (Å²) in [6.45, 7) is 5.35. The number of carboxylic acid groups (broad SMARTS) is 2. The Hall–Kier alpha value is -2.82. The molecule has 0 unspecified atom stereocenters. The number of benzene rings is 1. The van der Waals surface area contributed by atoms with Crippen LogP contribution in [-0.2, 0) is 19.8 Å². The van der Waals surface area contributed by atoms with Gasteiger partial charge in [-0.05, 0) is 51.8 Å². The van der Waals surface area contributed by atoms with Crippen molar-refractivity contribution in [1.29, 1.82) is 0 Å². The molecule has 0 atom stereocenters. The zero-order chi connectivity index (χ0) is 25.4. The van der Waals surface area contributed by atoms with Gasteiger partial charge in [0.2, 0.25) is 0 Å². The van der Waals surface area contributed by atoms with Crippen molar-refractivity contribution in [3.63, 3.8) is 0 Å². The standard InChI is InChI=1S/C21H29NO5.C2HF3O2/c1-16(23)4-2-3-13-26-17-5-6-18-19(14-17)27-15-21(18)8-11-22(12-9-21)10-7-20(24)25;3-2(4,5)1(6)7/h5-6,14H,2-4,7-13,15H2,1H3,(H,24,25);(H,6,7). The molecule has 0 aliphatic carbocycles. The van der Waals surface area contributed by atoms with Crippen LogP contribution in [0.15, 0.2) is 18.2 Å². The molecule has 2 heterocycles. The number of piperidine rings is 1. The molecule has 2 aliphatic rings. The zero-order valence-electron chi connectivity index (χ0n) is 19.0. The van der Waals surface area contributed by atoms with E-state index in [0.717, 1.165) is 50.3 Å². The molecule has 34 heavy (non-hydrogen) atoms. The van der Waals surface area contributed by atoms with Gasteiger partial charge in [-0.3, -0.25) is 4.79 Å². The molecule has 1 saturated heterocycles. The summed E-state index contributed by atoms with van der Waals surface area (Å²) in [6, 6.07) is 6.11. The molecular weight excluding hydrogens is 459 g/mol. The highest BCUT2D eigenvalue weighted by Crippen LogP contribution is 2.46. The first-order chi connectivity index (χ1) is 15.9. The summed E-state index contributed by atoms with van der Waals surface area (Å²) in [7, 11) is 0. The molecule has 190 valence electrons. The summed E-state index contributed by atoms with van der Waals surface area (Å²) in [5.41, 5.74) is 1.30. The maximum absolute atomic E-state index is 11.0. The number of ether oxygens (including phenoxy) is 2. The quantitative estimate of drug-likeness (QED) is 0.506. The van der Waals surface area contributed by atoms with Crippen LogP contribution in [0.1, 0.15) is 51.0 Å². The van der Waals surface area contributed by atoms with E-state index in [1.54, 1.807) is 6.92 Å². The van der Waals surface area contributed by atoms with E-state index in [0.29, 0.717) is 26.2 Å². The smallest absolute Gasteiger partial charge is 0.490 e. The number of halogens is 3. The number of alkyl halides is 3. The summed E-state index contributed by atoms with van der Waals surface area (Å²) in [5, 5.41) is 16.0. The molecular formula is C23H30F3NO7.